The Bertz CT molecular complexity index is 1680. The first-order chi connectivity index (χ1) is 17.7. The van der Waals surface area contributed by atoms with Crippen LogP contribution in [0.5, 0.6) is 0 Å². The number of Topliss-reactive ketones (excluding diaryl/α,β-unsaturated/α-hetero) is 1. The summed E-state index contributed by atoms with van der Waals surface area (Å²) >= 11 is 6.30. The lowest BCUT2D eigenvalue weighted by Gasteiger charge is -2.20. The van der Waals surface area contributed by atoms with Crippen molar-refractivity contribution in [3.8, 4) is 16.9 Å². The Morgan fingerprint density at radius 1 is 1.08 bits per heavy atom. The predicted molar refractivity (Wildman–Crippen MR) is 137 cm³/mol. The molecule has 1 aliphatic heterocycles. The Kier molecular flexibility index (Phi) is 6.38. The summed E-state index contributed by atoms with van der Waals surface area (Å²) < 4.78 is 79.3. The SMILES string of the molecule is CC1(CC(=O)c2ccc3c(-c4cc(C(F)(F)F)ccc4Cl)nn(-c4ccc(F)cc4)c3c2)CCS(=O)(=O)C1. The molecule has 0 spiro atoms. The molecule has 0 bridgehead atoms. The number of halogens is 5. The Morgan fingerprint density at radius 3 is 2.42 bits per heavy atom. The van der Waals surface area contributed by atoms with Crippen molar-refractivity contribution in [1.29, 1.82) is 0 Å². The Hall–Kier alpha value is -3.24. The van der Waals surface area contributed by atoms with E-state index < -0.39 is 32.8 Å². The summed E-state index contributed by atoms with van der Waals surface area (Å²) in [7, 11) is -3.20. The summed E-state index contributed by atoms with van der Waals surface area (Å²) in [6.07, 6.45) is -4.19. The van der Waals surface area contributed by atoms with Gasteiger partial charge in [-0.3, -0.25) is 4.79 Å². The molecule has 1 aliphatic rings. The number of alkyl halides is 3. The van der Waals surface area contributed by atoms with E-state index in [1.165, 1.54) is 28.9 Å². The van der Waals surface area contributed by atoms with E-state index in [2.05, 4.69) is 5.10 Å². The van der Waals surface area contributed by atoms with Gasteiger partial charge in [0.1, 0.15) is 11.5 Å². The molecule has 1 fully saturated rings. The molecule has 0 radical (unpaired) electrons. The van der Waals surface area contributed by atoms with E-state index in [1.54, 1.807) is 25.1 Å². The fourth-order valence-corrected chi connectivity index (χ4v) is 7.32. The standard InChI is InChI=1S/C27H21ClF4N2O3S/c1-26(10-11-38(36,37)15-26)14-24(35)16-2-8-20-23(12-16)34(19-6-4-18(29)5-7-19)33-25(20)21-13-17(27(30,31)32)3-9-22(21)28/h2-9,12-13H,10-11,14-15H2,1H3. The zero-order chi connectivity index (χ0) is 27.5. The minimum Gasteiger partial charge on any atom is -0.294 e. The van der Waals surface area contributed by atoms with Crippen LogP contribution >= 0.6 is 11.6 Å². The van der Waals surface area contributed by atoms with Crippen LogP contribution in [0.2, 0.25) is 5.02 Å². The maximum atomic E-state index is 13.6. The van der Waals surface area contributed by atoms with Crippen molar-refractivity contribution in [3.05, 3.63) is 82.6 Å². The second kappa shape index (κ2) is 9.20. The Morgan fingerprint density at radius 2 is 1.79 bits per heavy atom. The maximum absolute atomic E-state index is 13.6. The van der Waals surface area contributed by atoms with E-state index >= 15 is 0 Å². The second-order valence-corrected chi connectivity index (χ2v) is 12.5. The van der Waals surface area contributed by atoms with Gasteiger partial charge in [-0.2, -0.15) is 18.3 Å². The molecular weight excluding hydrogens is 544 g/mol. The molecule has 4 aromatic rings. The number of fused-ring (bicyclic) bond motifs is 1. The number of carbonyl (C=O) groups excluding carboxylic acids is 1. The van der Waals surface area contributed by atoms with Crippen LogP contribution in [0.25, 0.3) is 27.8 Å². The summed E-state index contributed by atoms with van der Waals surface area (Å²) in [4.78, 5) is 13.2. The molecule has 2 heterocycles. The third-order valence-corrected chi connectivity index (χ3v) is 9.09. The number of hydrogen-bond donors (Lipinski definition) is 0. The monoisotopic (exact) mass is 564 g/mol. The Balaban J connectivity index is 1.65. The van der Waals surface area contributed by atoms with E-state index in [0.717, 1.165) is 18.2 Å². The van der Waals surface area contributed by atoms with Crippen LogP contribution in [-0.4, -0.2) is 35.5 Å². The first kappa shape index (κ1) is 26.4. The highest BCUT2D eigenvalue weighted by Crippen LogP contribution is 2.40. The van der Waals surface area contributed by atoms with Crippen LogP contribution in [0.1, 0.15) is 35.7 Å². The van der Waals surface area contributed by atoms with Gasteiger partial charge in [0, 0.05) is 22.9 Å². The molecule has 5 nitrogen and oxygen atoms in total. The van der Waals surface area contributed by atoms with Crippen molar-refractivity contribution in [3.63, 3.8) is 0 Å². The second-order valence-electron chi connectivity index (χ2n) is 9.91. The van der Waals surface area contributed by atoms with Crippen molar-refractivity contribution >= 4 is 38.1 Å². The number of ketones is 1. The van der Waals surface area contributed by atoms with Crippen molar-refractivity contribution in [1.82, 2.24) is 9.78 Å². The van der Waals surface area contributed by atoms with E-state index in [0.29, 0.717) is 28.6 Å². The minimum atomic E-state index is -4.60. The molecule has 0 saturated carbocycles. The van der Waals surface area contributed by atoms with Gasteiger partial charge in [-0.1, -0.05) is 24.6 Å². The summed E-state index contributed by atoms with van der Waals surface area (Å²) in [6, 6.07) is 13.0. The smallest absolute Gasteiger partial charge is 0.294 e. The molecule has 0 amide bonds. The zero-order valence-corrected chi connectivity index (χ0v) is 21.6. The summed E-state index contributed by atoms with van der Waals surface area (Å²) in [5, 5.41) is 5.02. The average Bonchev–Trinajstić information content (AvgIpc) is 3.34. The van der Waals surface area contributed by atoms with Crippen molar-refractivity contribution in [2.24, 2.45) is 5.41 Å². The fraction of sp³-hybridized carbons (Fsp3) is 0.259. The molecule has 0 aliphatic carbocycles. The molecule has 0 N–H and O–H groups in total. The first-order valence-corrected chi connectivity index (χ1v) is 13.8. The van der Waals surface area contributed by atoms with Gasteiger partial charge in [-0.05, 0) is 66.4 Å². The number of nitrogens with zero attached hydrogens (tertiary/aromatic N) is 2. The summed E-state index contributed by atoms with van der Waals surface area (Å²) in [6.45, 7) is 1.77. The molecule has 5 rings (SSSR count). The number of benzene rings is 3. The topological polar surface area (TPSA) is 69.0 Å². The third-order valence-electron chi connectivity index (χ3n) is 6.80. The van der Waals surface area contributed by atoms with Gasteiger partial charge in [-0.15, -0.1) is 0 Å². The summed E-state index contributed by atoms with van der Waals surface area (Å²) in [5.74, 6) is -0.785. The number of rotatable bonds is 5. The first-order valence-electron chi connectivity index (χ1n) is 11.6. The molecule has 1 aromatic heterocycles. The largest absolute Gasteiger partial charge is 0.416 e. The van der Waals surface area contributed by atoms with Gasteiger partial charge >= 0.3 is 6.18 Å². The molecule has 3 aromatic carbocycles. The van der Waals surface area contributed by atoms with Gasteiger partial charge in [0.25, 0.3) is 0 Å². The normalized spacial score (nSPS) is 19.2. The highest BCUT2D eigenvalue weighted by Gasteiger charge is 2.40. The van der Waals surface area contributed by atoms with E-state index in [-0.39, 0.29) is 40.0 Å². The van der Waals surface area contributed by atoms with Crippen LogP contribution in [0, 0.1) is 11.2 Å². The van der Waals surface area contributed by atoms with Crippen molar-refractivity contribution in [2.75, 3.05) is 11.5 Å². The summed E-state index contributed by atoms with van der Waals surface area (Å²) in [5.41, 5.74) is -0.248. The molecular formula is C27H21ClF4N2O3S. The maximum Gasteiger partial charge on any atom is 0.416 e. The molecule has 1 unspecified atom stereocenters. The zero-order valence-electron chi connectivity index (χ0n) is 20.0. The van der Waals surface area contributed by atoms with Gasteiger partial charge < -0.3 is 0 Å². The molecule has 1 atom stereocenters. The number of sulfone groups is 1. The van der Waals surface area contributed by atoms with Crippen LogP contribution in [0.15, 0.2) is 60.7 Å². The molecule has 38 heavy (non-hydrogen) atoms. The van der Waals surface area contributed by atoms with Crippen molar-refractivity contribution in [2.45, 2.75) is 25.9 Å². The van der Waals surface area contributed by atoms with Gasteiger partial charge in [0.15, 0.2) is 15.6 Å². The van der Waals surface area contributed by atoms with Crippen LogP contribution < -0.4 is 0 Å². The highest BCUT2D eigenvalue weighted by molar-refractivity contribution is 7.91. The lowest BCUT2D eigenvalue weighted by Crippen LogP contribution is -2.22. The van der Waals surface area contributed by atoms with Crippen molar-refractivity contribution < 1.29 is 30.8 Å². The average molecular weight is 565 g/mol. The van der Waals surface area contributed by atoms with Crippen LogP contribution in [0.3, 0.4) is 0 Å². The van der Waals surface area contributed by atoms with Crippen LogP contribution in [-0.2, 0) is 16.0 Å². The lowest BCUT2D eigenvalue weighted by atomic mass is 9.83. The molecule has 198 valence electrons. The van der Waals surface area contributed by atoms with Gasteiger partial charge in [0.2, 0.25) is 0 Å². The molecule has 1 saturated heterocycles. The number of aromatic nitrogens is 2. The predicted octanol–water partition coefficient (Wildman–Crippen LogP) is 6.90. The van der Waals surface area contributed by atoms with E-state index in [1.807, 2.05) is 0 Å². The molecule has 11 heteroatoms. The number of carbonyl (C=O) groups is 1. The van der Waals surface area contributed by atoms with Gasteiger partial charge in [-0.25, -0.2) is 17.5 Å². The fourth-order valence-electron chi connectivity index (χ4n) is 4.86. The van der Waals surface area contributed by atoms with Crippen LogP contribution in [0.4, 0.5) is 17.6 Å². The van der Waals surface area contributed by atoms with E-state index in [4.69, 9.17) is 11.6 Å². The Labute approximate surface area is 221 Å². The lowest BCUT2D eigenvalue weighted by molar-refractivity contribution is -0.137. The number of hydrogen-bond acceptors (Lipinski definition) is 4. The quantitative estimate of drug-likeness (QED) is 0.195. The highest BCUT2D eigenvalue weighted by atomic mass is 35.5. The third kappa shape index (κ3) is 5.07. The minimum absolute atomic E-state index is 0.0226. The van der Waals surface area contributed by atoms with Gasteiger partial charge in [0.05, 0.1) is 33.3 Å². The van der Waals surface area contributed by atoms with E-state index in [9.17, 15) is 30.8 Å².